The van der Waals surface area contributed by atoms with E-state index in [2.05, 4.69) is 126 Å². The molecule has 0 aliphatic rings. The molecule has 0 amide bonds. The van der Waals surface area contributed by atoms with Crippen molar-refractivity contribution in [1.82, 2.24) is 0 Å². The van der Waals surface area contributed by atoms with Crippen LogP contribution in [0.3, 0.4) is 0 Å². The van der Waals surface area contributed by atoms with E-state index in [4.69, 9.17) is 0 Å². The first kappa shape index (κ1) is 22.1. The second kappa shape index (κ2) is 8.79. The van der Waals surface area contributed by atoms with E-state index in [0.717, 1.165) is 6.42 Å². The summed E-state index contributed by atoms with van der Waals surface area (Å²) in [6, 6.07) is 31.8. The topological polar surface area (TPSA) is 0 Å². The number of benzene rings is 4. The van der Waals surface area contributed by atoms with Crippen molar-refractivity contribution in [2.75, 3.05) is 0 Å². The molecule has 0 saturated heterocycles. The lowest BCUT2D eigenvalue weighted by molar-refractivity contribution is 0.642. The Morgan fingerprint density at radius 2 is 1.03 bits per heavy atom. The molecule has 4 rings (SSSR count). The van der Waals surface area contributed by atoms with Crippen LogP contribution < -0.4 is 0 Å². The zero-order valence-corrected chi connectivity index (χ0v) is 20.3. The van der Waals surface area contributed by atoms with Crippen LogP contribution >= 0.6 is 0 Å². The first-order valence-corrected chi connectivity index (χ1v) is 11.6. The predicted molar refractivity (Wildman–Crippen MR) is 139 cm³/mol. The molecular weight excluding hydrogens is 384 g/mol. The summed E-state index contributed by atoms with van der Waals surface area (Å²) in [5.41, 5.74) is 13.3. The third-order valence-corrected chi connectivity index (χ3v) is 6.69. The summed E-state index contributed by atoms with van der Waals surface area (Å²) in [7, 11) is 0. The van der Waals surface area contributed by atoms with Gasteiger partial charge in [-0.2, -0.15) is 0 Å². The van der Waals surface area contributed by atoms with Crippen molar-refractivity contribution in [2.45, 2.75) is 53.4 Å². The van der Waals surface area contributed by atoms with Gasteiger partial charge in [-0.25, -0.2) is 0 Å². The Kier molecular flexibility index (Phi) is 6.07. The second-order valence-corrected chi connectivity index (χ2v) is 9.86. The summed E-state index contributed by atoms with van der Waals surface area (Å²) in [4.78, 5) is 0. The maximum absolute atomic E-state index is 2.37. The monoisotopic (exact) mass is 418 g/mol. The number of hydrogen-bond acceptors (Lipinski definition) is 0. The lowest BCUT2D eigenvalue weighted by Crippen LogP contribution is -2.20. The molecule has 4 aromatic carbocycles. The summed E-state index contributed by atoms with van der Waals surface area (Å²) < 4.78 is 0. The molecule has 0 radical (unpaired) electrons. The van der Waals surface area contributed by atoms with Crippen LogP contribution in [-0.2, 0) is 11.8 Å². The van der Waals surface area contributed by atoms with Crippen molar-refractivity contribution in [1.29, 1.82) is 0 Å². The summed E-state index contributed by atoms with van der Waals surface area (Å²) in [5, 5.41) is 0. The SMILES string of the molecule is Cc1ccc(Cc2ccc(C)cc2-c2cc(C)ccc2C(C)(C)c2ccc(C)cc2)cc1. The quantitative estimate of drug-likeness (QED) is 0.305. The zero-order chi connectivity index (χ0) is 22.9. The molecule has 0 aliphatic heterocycles. The molecule has 0 aromatic heterocycles. The molecule has 0 fully saturated rings. The summed E-state index contributed by atoms with van der Waals surface area (Å²) in [6.07, 6.45) is 0.939. The van der Waals surface area contributed by atoms with Crippen LogP contribution in [0.1, 0.15) is 58.4 Å². The minimum absolute atomic E-state index is 0.0956. The Morgan fingerprint density at radius 1 is 0.531 bits per heavy atom. The minimum Gasteiger partial charge on any atom is -0.0590 e. The van der Waals surface area contributed by atoms with Crippen molar-refractivity contribution < 1.29 is 0 Å². The Hall–Kier alpha value is -3.12. The van der Waals surface area contributed by atoms with E-state index >= 15 is 0 Å². The van der Waals surface area contributed by atoms with E-state index in [0.29, 0.717) is 0 Å². The van der Waals surface area contributed by atoms with Crippen molar-refractivity contribution >= 4 is 0 Å². The van der Waals surface area contributed by atoms with E-state index < -0.39 is 0 Å². The Labute approximate surface area is 194 Å². The third kappa shape index (κ3) is 4.55. The Bertz CT molecular complexity index is 1220. The van der Waals surface area contributed by atoms with E-state index in [1.807, 2.05) is 0 Å². The van der Waals surface area contributed by atoms with Gasteiger partial charge in [-0.05, 0) is 67.5 Å². The molecule has 4 aromatic rings. The summed E-state index contributed by atoms with van der Waals surface area (Å²) in [5.74, 6) is 0. The highest BCUT2D eigenvalue weighted by Gasteiger charge is 2.27. The molecule has 0 nitrogen and oxygen atoms in total. The maximum atomic E-state index is 2.37. The van der Waals surface area contributed by atoms with Crippen LogP contribution in [0.4, 0.5) is 0 Å². The van der Waals surface area contributed by atoms with Crippen molar-refractivity contribution in [3.05, 3.63) is 129 Å². The molecule has 0 N–H and O–H groups in total. The molecule has 162 valence electrons. The van der Waals surface area contributed by atoms with Crippen LogP contribution in [0.5, 0.6) is 0 Å². The number of aryl methyl sites for hydroxylation is 4. The van der Waals surface area contributed by atoms with Gasteiger partial charge in [0.05, 0.1) is 0 Å². The number of hydrogen-bond donors (Lipinski definition) is 0. The van der Waals surface area contributed by atoms with Crippen LogP contribution in [0, 0.1) is 27.7 Å². The fourth-order valence-electron chi connectivity index (χ4n) is 4.57. The first-order chi connectivity index (χ1) is 15.2. The van der Waals surface area contributed by atoms with E-state index in [9.17, 15) is 0 Å². The predicted octanol–water partition coefficient (Wildman–Crippen LogP) is 8.50. The average molecular weight is 419 g/mol. The van der Waals surface area contributed by atoms with Gasteiger partial charge in [0.15, 0.2) is 0 Å². The van der Waals surface area contributed by atoms with Crippen LogP contribution in [0.2, 0.25) is 0 Å². The highest BCUT2D eigenvalue weighted by molar-refractivity contribution is 5.74. The van der Waals surface area contributed by atoms with Gasteiger partial charge in [0, 0.05) is 5.41 Å². The molecule has 0 heteroatoms. The first-order valence-electron chi connectivity index (χ1n) is 11.6. The van der Waals surface area contributed by atoms with Crippen LogP contribution in [0.15, 0.2) is 84.9 Å². The molecule has 32 heavy (non-hydrogen) atoms. The zero-order valence-electron chi connectivity index (χ0n) is 20.3. The maximum Gasteiger partial charge on any atom is 0.0152 e. The normalized spacial score (nSPS) is 11.6. The van der Waals surface area contributed by atoms with Crippen LogP contribution in [0.25, 0.3) is 11.1 Å². The molecule has 0 spiro atoms. The average Bonchev–Trinajstić information content (AvgIpc) is 2.76. The van der Waals surface area contributed by atoms with Crippen molar-refractivity contribution in [2.24, 2.45) is 0 Å². The fraction of sp³-hybridized carbons (Fsp3) is 0.250. The third-order valence-electron chi connectivity index (χ3n) is 6.69. The van der Waals surface area contributed by atoms with E-state index in [-0.39, 0.29) is 5.41 Å². The highest BCUT2D eigenvalue weighted by Crippen LogP contribution is 2.40. The smallest absolute Gasteiger partial charge is 0.0152 e. The lowest BCUT2D eigenvalue weighted by atomic mass is 9.74. The molecule has 0 aliphatic carbocycles. The largest absolute Gasteiger partial charge is 0.0590 e. The van der Waals surface area contributed by atoms with Gasteiger partial charge in [-0.1, -0.05) is 121 Å². The minimum atomic E-state index is -0.0956. The molecule has 0 saturated carbocycles. The van der Waals surface area contributed by atoms with Gasteiger partial charge in [-0.15, -0.1) is 0 Å². The van der Waals surface area contributed by atoms with Gasteiger partial charge in [0.1, 0.15) is 0 Å². The Balaban J connectivity index is 1.87. The molecule has 0 bridgehead atoms. The van der Waals surface area contributed by atoms with Crippen molar-refractivity contribution in [3.63, 3.8) is 0 Å². The van der Waals surface area contributed by atoms with Gasteiger partial charge >= 0.3 is 0 Å². The van der Waals surface area contributed by atoms with Gasteiger partial charge in [0.2, 0.25) is 0 Å². The Morgan fingerprint density at radius 3 is 1.66 bits per heavy atom. The number of rotatable bonds is 5. The summed E-state index contributed by atoms with van der Waals surface area (Å²) >= 11 is 0. The van der Waals surface area contributed by atoms with Gasteiger partial charge in [-0.3, -0.25) is 0 Å². The summed E-state index contributed by atoms with van der Waals surface area (Å²) in [6.45, 7) is 13.4. The molecular formula is C32H34. The second-order valence-electron chi connectivity index (χ2n) is 9.86. The van der Waals surface area contributed by atoms with E-state index in [1.54, 1.807) is 0 Å². The van der Waals surface area contributed by atoms with E-state index in [1.165, 1.54) is 55.6 Å². The van der Waals surface area contributed by atoms with Gasteiger partial charge in [0.25, 0.3) is 0 Å². The lowest BCUT2D eigenvalue weighted by Gasteiger charge is -2.30. The standard InChI is InChI=1S/C32H34/c1-22-7-13-26(14-8-22)21-27-15-9-24(3)19-29(27)30-20-25(4)12-18-31(30)32(5,6)28-16-10-23(2)11-17-28/h7-20H,21H2,1-6H3. The molecule has 0 atom stereocenters. The van der Waals surface area contributed by atoms with Crippen molar-refractivity contribution in [3.8, 4) is 11.1 Å². The van der Waals surface area contributed by atoms with Crippen LogP contribution in [-0.4, -0.2) is 0 Å². The molecule has 0 unspecified atom stereocenters. The molecule has 0 heterocycles. The highest BCUT2D eigenvalue weighted by atomic mass is 14.3. The fourth-order valence-corrected chi connectivity index (χ4v) is 4.57. The van der Waals surface area contributed by atoms with Gasteiger partial charge < -0.3 is 0 Å².